The van der Waals surface area contributed by atoms with Crippen molar-refractivity contribution in [3.8, 4) is 10.8 Å². The number of nitrogens with zero attached hydrogens (tertiary/aromatic N) is 7. The zero-order chi connectivity index (χ0) is 16.2. The molecule has 0 saturated heterocycles. The second-order valence-electron chi connectivity index (χ2n) is 4.98. The van der Waals surface area contributed by atoms with Gasteiger partial charge in [0, 0.05) is 6.54 Å². The standard InChI is InChI=1S/C13H17N7OS2/c1-4-5-6-20-10(15-18-19-20)7-22-13-17-16-12(21-13)11-8(2)14-9(3)23-11/h4-7H2,1-3H3. The third kappa shape index (κ3) is 3.75. The van der Waals surface area contributed by atoms with E-state index in [1.165, 1.54) is 11.8 Å². The molecule has 0 aliphatic rings. The van der Waals surface area contributed by atoms with Crippen molar-refractivity contribution in [1.82, 2.24) is 35.4 Å². The summed E-state index contributed by atoms with van der Waals surface area (Å²) in [6.07, 6.45) is 2.16. The van der Waals surface area contributed by atoms with Crippen molar-refractivity contribution in [1.29, 1.82) is 0 Å². The van der Waals surface area contributed by atoms with Crippen LogP contribution in [0.4, 0.5) is 0 Å². The van der Waals surface area contributed by atoms with Crippen molar-refractivity contribution >= 4 is 23.1 Å². The fourth-order valence-electron chi connectivity index (χ4n) is 2.02. The number of unbranched alkanes of at least 4 members (excludes halogenated alkanes) is 1. The van der Waals surface area contributed by atoms with Crippen molar-refractivity contribution in [2.24, 2.45) is 0 Å². The van der Waals surface area contributed by atoms with Gasteiger partial charge in [0.25, 0.3) is 11.1 Å². The predicted octanol–water partition coefficient (Wildman–Crippen LogP) is 2.89. The van der Waals surface area contributed by atoms with E-state index in [1.807, 2.05) is 18.5 Å². The van der Waals surface area contributed by atoms with Gasteiger partial charge < -0.3 is 4.42 Å². The van der Waals surface area contributed by atoms with Gasteiger partial charge in [0.15, 0.2) is 5.82 Å². The van der Waals surface area contributed by atoms with Crippen LogP contribution in [0.3, 0.4) is 0 Å². The van der Waals surface area contributed by atoms with Gasteiger partial charge in [-0.2, -0.15) is 0 Å². The minimum absolute atomic E-state index is 0.510. The molecule has 10 heteroatoms. The molecule has 0 amide bonds. The second-order valence-corrected chi connectivity index (χ2v) is 7.11. The van der Waals surface area contributed by atoms with Crippen LogP contribution in [0.5, 0.6) is 0 Å². The topological polar surface area (TPSA) is 95.4 Å². The van der Waals surface area contributed by atoms with Crippen LogP contribution in [0.25, 0.3) is 10.8 Å². The maximum absolute atomic E-state index is 5.72. The highest BCUT2D eigenvalue weighted by molar-refractivity contribution is 7.98. The monoisotopic (exact) mass is 351 g/mol. The summed E-state index contributed by atoms with van der Waals surface area (Å²) in [7, 11) is 0. The minimum atomic E-state index is 0.510. The van der Waals surface area contributed by atoms with Gasteiger partial charge >= 0.3 is 0 Å². The molecule has 23 heavy (non-hydrogen) atoms. The number of hydrogen-bond acceptors (Lipinski definition) is 9. The molecule has 0 unspecified atom stereocenters. The van der Waals surface area contributed by atoms with Gasteiger partial charge in [0.2, 0.25) is 0 Å². The van der Waals surface area contributed by atoms with Crippen LogP contribution < -0.4 is 0 Å². The maximum atomic E-state index is 5.72. The minimum Gasteiger partial charge on any atom is -0.410 e. The van der Waals surface area contributed by atoms with Crippen molar-refractivity contribution in [3.63, 3.8) is 0 Å². The lowest BCUT2D eigenvalue weighted by molar-refractivity contribution is 0.466. The molecule has 0 spiro atoms. The zero-order valence-electron chi connectivity index (χ0n) is 13.2. The largest absolute Gasteiger partial charge is 0.410 e. The first-order valence-corrected chi connectivity index (χ1v) is 9.13. The normalized spacial score (nSPS) is 11.3. The van der Waals surface area contributed by atoms with E-state index in [2.05, 4.69) is 37.6 Å². The molecule has 0 bridgehead atoms. The molecule has 0 radical (unpaired) electrons. The first-order valence-electron chi connectivity index (χ1n) is 7.33. The Kier molecular flexibility index (Phi) is 5.01. The van der Waals surface area contributed by atoms with Gasteiger partial charge in [-0.1, -0.05) is 25.1 Å². The fraction of sp³-hybridized carbons (Fsp3) is 0.538. The van der Waals surface area contributed by atoms with Crippen molar-refractivity contribution in [2.45, 2.75) is 51.1 Å². The van der Waals surface area contributed by atoms with E-state index in [0.717, 1.165) is 40.8 Å². The summed E-state index contributed by atoms with van der Waals surface area (Å²) in [4.78, 5) is 5.30. The molecule has 0 aromatic carbocycles. The Morgan fingerprint density at radius 1 is 1.22 bits per heavy atom. The van der Waals surface area contributed by atoms with Crippen molar-refractivity contribution < 1.29 is 4.42 Å². The molecule has 3 rings (SSSR count). The number of aryl methyl sites for hydroxylation is 3. The molecule has 3 heterocycles. The van der Waals surface area contributed by atoms with Gasteiger partial charge in [-0.3, -0.25) is 0 Å². The summed E-state index contributed by atoms with van der Waals surface area (Å²) in [5, 5.41) is 21.5. The first-order chi connectivity index (χ1) is 11.2. The highest BCUT2D eigenvalue weighted by atomic mass is 32.2. The van der Waals surface area contributed by atoms with Gasteiger partial charge in [-0.15, -0.1) is 26.6 Å². The third-order valence-corrected chi connectivity index (χ3v) is 5.03. The quantitative estimate of drug-likeness (QED) is 0.600. The lowest BCUT2D eigenvalue weighted by Crippen LogP contribution is -2.04. The van der Waals surface area contributed by atoms with Gasteiger partial charge in [-0.25, -0.2) is 9.67 Å². The molecule has 8 nitrogen and oxygen atoms in total. The SMILES string of the molecule is CCCCn1nnnc1CSc1nnc(-c2sc(C)nc2C)o1. The smallest absolute Gasteiger partial charge is 0.277 e. The third-order valence-electron chi connectivity index (χ3n) is 3.16. The molecule has 0 aliphatic carbocycles. The molecule has 3 aromatic heterocycles. The van der Waals surface area contributed by atoms with Gasteiger partial charge in [0.1, 0.15) is 4.88 Å². The van der Waals surface area contributed by atoms with Crippen molar-refractivity contribution in [3.05, 3.63) is 16.5 Å². The molecule has 0 saturated carbocycles. The first kappa shape index (κ1) is 16.1. The summed E-state index contributed by atoms with van der Waals surface area (Å²) in [6, 6.07) is 0. The predicted molar refractivity (Wildman–Crippen MR) is 87.2 cm³/mol. The van der Waals surface area contributed by atoms with Crippen LogP contribution >= 0.6 is 23.1 Å². The molecule has 122 valence electrons. The van der Waals surface area contributed by atoms with Gasteiger partial charge in [0.05, 0.1) is 16.5 Å². The summed E-state index contributed by atoms with van der Waals surface area (Å²) >= 11 is 2.99. The molecule has 0 N–H and O–H groups in total. The van der Waals surface area contributed by atoms with Crippen LogP contribution in [0.2, 0.25) is 0 Å². The lowest BCUT2D eigenvalue weighted by atomic mass is 10.3. The van der Waals surface area contributed by atoms with E-state index in [-0.39, 0.29) is 0 Å². The Morgan fingerprint density at radius 2 is 2.09 bits per heavy atom. The van der Waals surface area contributed by atoms with Crippen LogP contribution in [-0.2, 0) is 12.3 Å². The number of aromatic nitrogens is 7. The number of thiazole rings is 1. The summed E-state index contributed by atoms with van der Waals surface area (Å²) in [5.74, 6) is 1.92. The molecule has 3 aromatic rings. The number of rotatable bonds is 7. The van der Waals surface area contributed by atoms with E-state index in [4.69, 9.17) is 4.42 Å². The molecular weight excluding hydrogens is 334 g/mol. The van der Waals surface area contributed by atoms with Gasteiger partial charge in [-0.05, 0) is 30.7 Å². The maximum Gasteiger partial charge on any atom is 0.277 e. The Labute approximate surface area is 141 Å². The molecule has 0 atom stereocenters. The number of hydrogen-bond donors (Lipinski definition) is 0. The van der Waals surface area contributed by atoms with E-state index < -0.39 is 0 Å². The van der Waals surface area contributed by atoms with E-state index in [9.17, 15) is 0 Å². The highest BCUT2D eigenvalue weighted by Crippen LogP contribution is 2.31. The summed E-state index contributed by atoms with van der Waals surface area (Å²) in [5.41, 5.74) is 0.913. The molecule has 0 aliphatic heterocycles. The van der Waals surface area contributed by atoms with Crippen LogP contribution in [0.1, 0.15) is 36.3 Å². The lowest BCUT2D eigenvalue weighted by Gasteiger charge is -2.01. The molecule has 0 fully saturated rings. The average Bonchev–Trinajstić information content (AvgIpc) is 3.23. The Hall–Kier alpha value is -1.81. The zero-order valence-corrected chi connectivity index (χ0v) is 14.8. The summed E-state index contributed by atoms with van der Waals surface area (Å²) < 4.78 is 7.54. The van der Waals surface area contributed by atoms with Crippen LogP contribution in [0.15, 0.2) is 9.64 Å². The number of tetrazole rings is 1. The van der Waals surface area contributed by atoms with Crippen LogP contribution in [-0.4, -0.2) is 35.4 Å². The Bertz CT molecular complexity index is 779. The number of thioether (sulfide) groups is 1. The average molecular weight is 351 g/mol. The van der Waals surface area contributed by atoms with Crippen molar-refractivity contribution in [2.75, 3.05) is 0 Å². The Balaban J connectivity index is 1.66. The van der Waals surface area contributed by atoms with E-state index in [0.29, 0.717) is 16.9 Å². The Morgan fingerprint density at radius 3 is 2.83 bits per heavy atom. The van der Waals surface area contributed by atoms with E-state index >= 15 is 0 Å². The summed E-state index contributed by atoms with van der Waals surface area (Å²) in [6.45, 7) is 6.87. The molecular formula is C13H17N7OS2. The highest BCUT2D eigenvalue weighted by Gasteiger charge is 2.16. The second kappa shape index (κ2) is 7.18. The van der Waals surface area contributed by atoms with E-state index in [1.54, 1.807) is 11.3 Å². The van der Waals surface area contributed by atoms with Crippen LogP contribution in [0, 0.1) is 13.8 Å². The fourth-order valence-corrected chi connectivity index (χ4v) is 3.56.